The number of benzene rings is 2. The van der Waals surface area contributed by atoms with E-state index in [1.54, 1.807) is 18.2 Å². The highest BCUT2D eigenvalue weighted by atomic mass is 35.5. The molecule has 21 heavy (non-hydrogen) atoms. The van der Waals surface area contributed by atoms with Crippen molar-refractivity contribution in [2.75, 3.05) is 11.1 Å². The standard InChI is InChI=1S/C15H13ClFNO2S/c16-10-2-1-3-12(8-10)18-14-6-7-21(19,20)15-5-4-11(17)9-13(14)15/h1-5,8-9,14,18H,6-7H2. The van der Waals surface area contributed by atoms with Gasteiger partial charge in [0, 0.05) is 10.7 Å². The van der Waals surface area contributed by atoms with Gasteiger partial charge in [0.25, 0.3) is 0 Å². The summed E-state index contributed by atoms with van der Waals surface area (Å²) in [6, 6.07) is 10.7. The second-order valence-electron chi connectivity index (χ2n) is 5.00. The summed E-state index contributed by atoms with van der Waals surface area (Å²) in [4.78, 5) is 0.203. The molecule has 0 spiro atoms. The molecule has 2 aromatic carbocycles. The Morgan fingerprint density at radius 3 is 2.76 bits per heavy atom. The normalized spacial score (nSPS) is 19.8. The average molecular weight is 326 g/mol. The van der Waals surface area contributed by atoms with Crippen LogP contribution in [0.4, 0.5) is 10.1 Å². The Morgan fingerprint density at radius 2 is 2.00 bits per heavy atom. The third-order valence-corrected chi connectivity index (χ3v) is 5.57. The van der Waals surface area contributed by atoms with Gasteiger partial charge >= 0.3 is 0 Å². The molecular weight excluding hydrogens is 313 g/mol. The van der Waals surface area contributed by atoms with Crippen LogP contribution in [0.15, 0.2) is 47.4 Å². The van der Waals surface area contributed by atoms with Gasteiger partial charge in [-0.25, -0.2) is 12.8 Å². The predicted molar refractivity (Wildman–Crippen MR) is 80.9 cm³/mol. The number of rotatable bonds is 2. The Balaban J connectivity index is 2.00. The van der Waals surface area contributed by atoms with Crippen molar-refractivity contribution in [3.63, 3.8) is 0 Å². The summed E-state index contributed by atoms with van der Waals surface area (Å²) in [7, 11) is -3.32. The number of fused-ring (bicyclic) bond motifs is 1. The molecule has 0 fully saturated rings. The molecule has 0 bridgehead atoms. The van der Waals surface area contributed by atoms with Crippen LogP contribution in [0.25, 0.3) is 0 Å². The predicted octanol–water partition coefficient (Wildman–Crippen LogP) is 3.81. The summed E-state index contributed by atoms with van der Waals surface area (Å²) in [5, 5.41) is 3.81. The highest BCUT2D eigenvalue weighted by molar-refractivity contribution is 7.91. The van der Waals surface area contributed by atoms with Gasteiger partial charge < -0.3 is 5.32 Å². The van der Waals surface area contributed by atoms with E-state index < -0.39 is 15.7 Å². The van der Waals surface area contributed by atoms with Crippen LogP contribution < -0.4 is 5.32 Å². The molecule has 1 heterocycles. The summed E-state index contributed by atoms with van der Waals surface area (Å²) in [5.41, 5.74) is 1.25. The molecule has 0 radical (unpaired) electrons. The van der Waals surface area contributed by atoms with Crippen LogP contribution in [0.5, 0.6) is 0 Å². The van der Waals surface area contributed by atoms with Crippen LogP contribution in [0.2, 0.25) is 5.02 Å². The summed E-state index contributed by atoms with van der Waals surface area (Å²) in [6.07, 6.45) is 0.394. The van der Waals surface area contributed by atoms with E-state index in [1.165, 1.54) is 18.2 Å². The van der Waals surface area contributed by atoms with Crippen molar-refractivity contribution in [1.82, 2.24) is 0 Å². The lowest BCUT2D eigenvalue weighted by atomic mass is 10.0. The van der Waals surface area contributed by atoms with Gasteiger partial charge in [-0.1, -0.05) is 17.7 Å². The first kappa shape index (κ1) is 14.4. The lowest BCUT2D eigenvalue weighted by molar-refractivity contribution is 0.570. The molecule has 0 aromatic heterocycles. The molecule has 1 aliphatic rings. The third kappa shape index (κ3) is 2.89. The van der Waals surface area contributed by atoms with Crippen molar-refractivity contribution >= 4 is 27.1 Å². The highest BCUT2D eigenvalue weighted by Crippen LogP contribution is 2.35. The Labute approximate surface area is 127 Å². The van der Waals surface area contributed by atoms with Crippen molar-refractivity contribution in [1.29, 1.82) is 0 Å². The lowest BCUT2D eigenvalue weighted by Crippen LogP contribution is -2.24. The van der Waals surface area contributed by atoms with Gasteiger partial charge in [0.15, 0.2) is 9.84 Å². The van der Waals surface area contributed by atoms with Crippen LogP contribution in [-0.4, -0.2) is 14.2 Å². The van der Waals surface area contributed by atoms with E-state index in [2.05, 4.69) is 5.32 Å². The average Bonchev–Trinajstić information content (AvgIpc) is 2.42. The van der Waals surface area contributed by atoms with Crippen LogP contribution in [-0.2, 0) is 9.84 Å². The summed E-state index contributed by atoms with van der Waals surface area (Å²) in [6.45, 7) is 0. The summed E-state index contributed by atoms with van der Waals surface area (Å²) >= 11 is 5.94. The minimum absolute atomic E-state index is 0.0455. The fourth-order valence-corrected chi connectivity index (χ4v) is 4.33. The molecule has 2 aromatic rings. The summed E-state index contributed by atoms with van der Waals surface area (Å²) in [5.74, 6) is -0.395. The minimum Gasteiger partial charge on any atom is -0.378 e. The van der Waals surface area contributed by atoms with Crippen molar-refractivity contribution in [3.05, 3.63) is 58.9 Å². The smallest absolute Gasteiger partial charge is 0.178 e. The molecule has 1 unspecified atom stereocenters. The molecule has 110 valence electrons. The van der Waals surface area contributed by atoms with E-state index in [1.807, 2.05) is 6.07 Å². The van der Waals surface area contributed by atoms with Crippen LogP contribution in [0.3, 0.4) is 0 Å². The first-order valence-corrected chi connectivity index (χ1v) is 8.53. The molecule has 3 rings (SSSR count). The van der Waals surface area contributed by atoms with Gasteiger partial charge in [0.2, 0.25) is 0 Å². The SMILES string of the molecule is O=S1(=O)CCC(Nc2cccc(Cl)c2)c2cc(F)ccc21. The number of halogens is 2. The van der Waals surface area contributed by atoms with E-state index in [0.717, 1.165) is 5.69 Å². The minimum atomic E-state index is -3.32. The van der Waals surface area contributed by atoms with Crippen LogP contribution in [0, 0.1) is 5.82 Å². The topological polar surface area (TPSA) is 46.2 Å². The van der Waals surface area contributed by atoms with Crippen LogP contribution in [0.1, 0.15) is 18.0 Å². The van der Waals surface area contributed by atoms with Gasteiger partial charge in [-0.15, -0.1) is 0 Å². The molecule has 0 saturated heterocycles. The molecule has 0 aliphatic carbocycles. The van der Waals surface area contributed by atoms with E-state index >= 15 is 0 Å². The molecule has 1 N–H and O–H groups in total. The first-order chi connectivity index (χ1) is 9.95. The second kappa shape index (κ2) is 5.31. The summed E-state index contributed by atoms with van der Waals surface area (Å²) < 4.78 is 37.6. The van der Waals surface area contributed by atoms with Crippen molar-refractivity contribution in [3.8, 4) is 0 Å². The molecular formula is C15H13ClFNO2S. The van der Waals surface area contributed by atoms with E-state index in [-0.39, 0.29) is 16.7 Å². The number of anilines is 1. The fraction of sp³-hybridized carbons (Fsp3) is 0.200. The number of hydrogen-bond acceptors (Lipinski definition) is 3. The van der Waals surface area contributed by atoms with Crippen molar-refractivity contribution < 1.29 is 12.8 Å². The zero-order valence-corrected chi connectivity index (χ0v) is 12.6. The Bertz CT molecular complexity index is 792. The first-order valence-electron chi connectivity index (χ1n) is 6.50. The largest absolute Gasteiger partial charge is 0.378 e. The van der Waals surface area contributed by atoms with Gasteiger partial charge in [-0.05, 0) is 48.4 Å². The monoisotopic (exact) mass is 325 g/mol. The number of sulfone groups is 1. The fourth-order valence-electron chi connectivity index (χ4n) is 2.54. The van der Waals surface area contributed by atoms with Gasteiger partial charge in [0.1, 0.15) is 5.82 Å². The quantitative estimate of drug-likeness (QED) is 0.854. The van der Waals surface area contributed by atoms with Crippen LogP contribution >= 0.6 is 11.6 Å². The Hall–Kier alpha value is -1.59. The van der Waals surface area contributed by atoms with Gasteiger partial charge in [-0.2, -0.15) is 0 Å². The molecule has 1 aliphatic heterocycles. The van der Waals surface area contributed by atoms with E-state index in [4.69, 9.17) is 11.6 Å². The Morgan fingerprint density at radius 1 is 1.19 bits per heavy atom. The highest BCUT2D eigenvalue weighted by Gasteiger charge is 2.30. The van der Waals surface area contributed by atoms with Crippen molar-refractivity contribution in [2.24, 2.45) is 0 Å². The van der Waals surface area contributed by atoms with Crippen molar-refractivity contribution in [2.45, 2.75) is 17.4 Å². The maximum atomic E-state index is 13.5. The van der Waals surface area contributed by atoms with E-state index in [0.29, 0.717) is 17.0 Å². The number of nitrogens with one attached hydrogen (secondary N) is 1. The lowest BCUT2D eigenvalue weighted by Gasteiger charge is -2.27. The van der Waals surface area contributed by atoms with Gasteiger partial charge in [0.05, 0.1) is 16.7 Å². The Kier molecular flexibility index (Phi) is 3.63. The molecule has 3 nitrogen and oxygen atoms in total. The molecule has 0 saturated carbocycles. The maximum Gasteiger partial charge on any atom is 0.178 e. The molecule has 1 atom stereocenters. The maximum absolute atomic E-state index is 13.5. The van der Waals surface area contributed by atoms with Gasteiger partial charge in [-0.3, -0.25) is 0 Å². The second-order valence-corrected chi connectivity index (χ2v) is 7.51. The number of hydrogen-bond donors (Lipinski definition) is 1. The zero-order chi connectivity index (χ0) is 15.0. The molecule has 0 amide bonds. The van der Waals surface area contributed by atoms with E-state index in [9.17, 15) is 12.8 Å². The molecule has 6 heteroatoms. The zero-order valence-electron chi connectivity index (χ0n) is 11.0. The third-order valence-electron chi connectivity index (χ3n) is 3.52.